The van der Waals surface area contributed by atoms with Crippen LogP contribution in [0.15, 0.2) is 18.2 Å². The Kier molecular flexibility index (Phi) is 4.99. The Morgan fingerprint density at radius 2 is 2.10 bits per heavy atom. The number of anilines is 3. The van der Waals surface area contributed by atoms with Crippen LogP contribution in [0.25, 0.3) is 0 Å². The monoisotopic (exact) mass is 309 g/mol. The van der Waals surface area contributed by atoms with Crippen LogP contribution < -0.4 is 20.5 Å². The standard InChI is InChI=1S/C13H16ClN5O2/c1-3-6-21-13-18-11(15)17-12(19-13)16-9-7-8(14)4-5-10(9)20-2/h4-5,7H,3,6H2,1-2H3,(H3,15,16,17,18,19). The van der Waals surface area contributed by atoms with Gasteiger partial charge in [-0.1, -0.05) is 18.5 Å². The van der Waals surface area contributed by atoms with E-state index >= 15 is 0 Å². The molecule has 0 aliphatic heterocycles. The summed E-state index contributed by atoms with van der Waals surface area (Å²) in [5.74, 6) is 0.933. The number of hydrogen-bond donors (Lipinski definition) is 2. The second-order valence-electron chi connectivity index (χ2n) is 4.12. The lowest BCUT2D eigenvalue weighted by atomic mass is 10.3. The van der Waals surface area contributed by atoms with E-state index < -0.39 is 0 Å². The number of nitrogen functional groups attached to an aromatic ring is 1. The Morgan fingerprint density at radius 1 is 1.29 bits per heavy atom. The van der Waals surface area contributed by atoms with Crippen LogP contribution in [-0.4, -0.2) is 28.7 Å². The van der Waals surface area contributed by atoms with Gasteiger partial charge in [0.1, 0.15) is 5.75 Å². The highest BCUT2D eigenvalue weighted by atomic mass is 35.5. The van der Waals surface area contributed by atoms with Crippen molar-refractivity contribution in [3.63, 3.8) is 0 Å². The molecule has 3 N–H and O–H groups in total. The zero-order valence-electron chi connectivity index (χ0n) is 11.8. The Hall–Kier alpha value is -2.28. The molecule has 0 saturated carbocycles. The van der Waals surface area contributed by atoms with Gasteiger partial charge in [0, 0.05) is 5.02 Å². The summed E-state index contributed by atoms with van der Waals surface area (Å²) < 4.78 is 10.6. The van der Waals surface area contributed by atoms with Crippen LogP contribution in [0, 0.1) is 0 Å². The first-order valence-corrected chi connectivity index (χ1v) is 6.75. The third-order valence-electron chi connectivity index (χ3n) is 2.48. The molecule has 0 amide bonds. The SMILES string of the molecule is CCCOc1nc(N)nc(Nc2cc(Cl)ccc2OC)n1. The Balaban J connectivity index is 2.26. The van der Waals surface area contributed by atoms with Gasteiger partial charge in [-0.3, -0.25) is 0 Å². The maximum atomic E-state index is 5.97. The minimum absolute atomic E-state index is 0.0691. The number of rotatable bonds is 6. The van der Waals surface area contributed by atoms with Crippen LogP contribution in [-0.2, 0) is 0 Å². The van der Waals surface area contributed by atoms with Crippen molar-refractivity contribution in [2.45, 2.75) is 13.3 Å². The molecule has 2 aromatic rings. The molecule has 0 fully saturated rings. The van der Waals surface area contributed by atoms with Gasteiger partial charge in [0.05, 0.1) is 19.4 Å². The molecule has 0 aliphatic carbocycles. The van der Waals surface area contributed by atoms with Gasteiger partial charge in [-0.05, 0) is 24.6 Å². The van der Waals surface area contributed by atoms with Gasteiger partial charge in [-0.2, -0.15) is 15.0 Å². The summed E-state index contributed by atoms with van der Waals surface area (Å²) in [6.07, 6.45) is 0.844. The van der Waals surface area contributed by atoms with Gasteiger partial charge in [0.25, 0.3) is 0 Å². The average molecular weight is 310 g/mol. The molecule has 0 bridgehead atoms. The zero-order valence-corrected chi connectivity index (χ0v) is 12.5. The summed E-state index contributed by atoms with van der Waals surface area (Å²) >= 11 is 5.97. The summed E-state index contributed by atoms with van der Waals surface area (Å²) in [7, 11) is 1.56. The smallest absolute Gasteiger partial charge is 0.323 e. The molecule has 0 spiro atoms. The molecule has 2 rings (SSSR count). The number of ether oxygens (including phenoxy) is 2. The lowest BCUT2D eigenvalue weighted by Crippen LogP contribution is -2.07. The van der Waals surface area contributed by atoms with E-state index in [2.05, 4.69) is 20.3 Å². The predicted molar refractivity (Wildman–Crippen MR) is 81.3 cm³/mol. The van der Waals surface area contributed by atoms with Crippen molar-refractivity contribution in [3.05, 3.63) is 23.2 Å². The van der Waals surface area contributed by atoms with Gasteiger partial charge in [-0.25, -0.2) is 0 Å². The van der Waals surface area contributed by atoms with E-state index in [1.165, 1.54) is 0 Å². The first kappa shape index (κ1) is 15.1. The van der Waals surface area contributed by atoms with Crippen molar-refractivity contribution in [3.8, 4) is 11.8 Å². The second kappa shape index (κ2) is 6.94. The lowest BCUT2D eigenvalue weighted by Gasteiger charge is -2.11. The van der Waals surface area contributed by atoms with Crippen molar-refractivity contribution in [2.24, 2.45) is 0 Å². The van der Waals surface area contributed by atoms with E-state index in [0.717, 1.165) is 6.42 Å². The van der Waals surface area contributed by atoms with Crippen LogP contribution in [0.3, 0.4) is 0 Å². The minimum atomic E-state index is 0.0691. The fourth-order valence-electron chi connectivity index (χ4n) is 1.58. The molecule has 8 heteroatoms. The van der Waals surface area contributed by atoms with Crippen LogP contribution in [0.4, 0.5) is 17.6 Å². The number of nitrogens with two attached hydrogens (primary N) is 1. The van der Waals surface area contributed by atoms with Crippen LogP contribution >= 0.6 is 11.6 Å². The molecule has 0 atom stereocenters. The first-order chi connectivity index (χ1) is 10.1. The quantitative estimate of drug-likeness (QED) is 0.846. The number of halogens is 1. The molecule has 0 saturated heterocycles. The minimum Gasteiger partial charge on any atom is -0.495 e. The van der Waals surface area contributed by atoms with Gasteiger partial charge in [0.2, 0.25) is 11.9 Å². The first-order valence-electron chi connectivity index (χ1n) is 6.37. The number of hydrogen-bond acceptors (Lipinski definition) is 7. The van der Waals surface area contributed by atoms with Crippen molar-refractivity contribution in [1.29, 1.82) is 0 Å². The molecule has 21 heavy (non-hydrogen) atoms. The largest absolute Gasteiger partial charge is 0.495 e. The maximum Gasteiger partial charge on any atom is 0.323 e. The number of nitrogens with zero attached hydrogens (tertiary/aromatic N) is 3. The molecule has 0 radical (unpaired) electrons. The third-order valence-corrected chi connectivity index (χ3v) is 2.71. The molecule has 0 unspecified atom stereocenters. The van der Waals surface area contributed by atoms with Crippen molar-refractivity contribution < 1.29 is 9.47 Å². The molecular weight excluding hydrogens is 294 g/mol. The number of benzene rings is 1. The molecule has 112 valence electrons. The molecule has 1 aromatic carbocycles. The molecule has 1 heterocycles. The maximum absolute atomic E-state index is 5.97. The highest BCUT2D eigenvalue weighted by Crippen LogP contribution is 2.29. The van der Waals surface area contributed by atoms with E-state index in [1.54, 1.807) is 25.3 Å². The molecular formula is C13H16ClN5O2. The van der Waals surface area contributed by atoms with E-state index in [-0.39, 0.29) is 17.9 Å². The fraction of sp³-hybridized carbons (Fsp3) is 0.308. The van der Waals surface area contributed by atoms with Crippen LogP contribution in [0.5, 0.6) is 11.8 Å². The molecule has 1 aromatic heterocycles. The summed E-state index contributed by atoms with van der Waals surface area (Å²) in [6.45, 7) is 2.49. The topological polar surface area (TPSA) is 95.2 Å². The second-order valence-corrected chi connectivity index (χ2v) is 4.55. The van der Waals surface area contributed by atoms with Crippen LogP contribution in [0.2, 0.25) is 5.02 Å². The van der Waals surface area contributed by atoms with Crippen molar-refractivity contribution in [1.82, 2.24) is 15.0 Å². The predicted octanol–water partition coefficient (Wildman–Crippen LogP) is 2.65. The Morgan fingerprint density at radius 3 is 2.81 bits per heavy atom. The highest BCUT2D eigenvalue weighted by Gasteiger charge is 2.09. The fourth-order valence-corrected chi connectivity index (χ4v) is 1.76. The normalized spacial score (nSPS) is 10.2. The summed E-state index contributed by atoms with van der Waals surface area (Å²) in [5, 5.41) is 3.55. The Bertz CT molecular complexity index is 624. The lowest BCUT2D eigenvalue weighted by molar-refractivity contribution is 0.292. The van der Waals surface area contributed by atoms with Gasteiger partial charge in [0.15, 0.2) is 0 Å². The van der Waals surface area contributed by atoms with Gasteiger partial charge < -0.3 is 20.5 Å². The third kappa shape index (κ3) is 4.09. The van der Waals surface area contributed by atoms with Gasteiger partial charge >= 0.3 is 6.01 Å². The summed E-state index contributed by atoms with van der Waals surface area (Å²) in [4.78, 5) is 12.1. The zero-order chi connectivity index (χ0) is 15.2. The van der Waals surface area contributed by atoms with E-state index in [9.17, 15) is 0 Å². The van der Waals surface area contributed by atoms with Gasteiger partial charge in [-0.15, -0.1) is 0 Å². The van der Waals surface area contributed by atoms with Crippen LogP contribution in [0.1, 0.15) is 13.3 Å². The number of nitrogens with one attached hydrogen (secondary N) is 1. The molecule has 7 nitrogen and oxygen atoms in total. The van der Waals surface area contributed by atoms with E-state index in [0.29, 0.717) is 23.1 Å². The summed E-state index contributed by atoms with van der Waals surface area (Å²) in [6, 6.07) is 5.34. The van der Waals surface area contributed by atoms with Crippen molar-refractivity contribution >= 4 is 29.2 Å². The number of aromatic nitrogens is 3. The average Bonchev–Trinajstić information content (AvgIpc) is 2.45. The van der Waals surface area contributed by atoms with E-state index in [4.69, 9.17) is 26.8 Å². The van der Waals surface area contributed by atoms with Crippen molar-refractivity contribution in [2.75, 3.05) is 24.8 Å². The number of methoxy groups -OCH3 is 1. The molecule has 0 aliphatic rings. The summed E-state index contributed by atoms with van der Waals surface area (Å²) in [5.41, 5.74) is 6.27. The Labute approximate surface area is 127 Å². The van der Waals surface area contributed by atoms with E-state index in [1.807, 2.05) is 6.92 Å². The highest BCUT2D eigenvalue weighted by molar-refractivity contribution is 6.30.